The van der Waals surface area contributed by atoms with E-state index in [0.29, 0.717) is 11.1 Å². The Labute approximate surface area is 140 Å². The second-order valence-electron chi connectivity index (χ2n) is 5.57. The average molecular weight is 355 g/mol. The zero-order chi connectivity index (χ0) is 18.1. The van der Waals surface area contributed by atoms with Gasteiger partial charge < -0.3 is 4.74 Å². The number of anilines is 1. The van der Waals surface area contributed by atoms with Crippen LogP contribution in [0.15, 0.2) is 35.2 Å². The lowest BCUT2D eigenvalue weighted by atomic mass is 10.0. The second-order valence-corrected chi connectivity index (χ2v) is 7.19. The maximum absolute atomic E-state index is 12.8. The number of ether oxygens (including phenoxy) is 1. The Morgan fingerprint density at radius 3 is 2.08 bits per heavy atom. The van der Waals surface area contributed by atoms with Gasteiger partial charge in [0.15, 0.2) is 0 Å². The maximum Gasteiger partial charge on any atom is 0.387 e. The highest BCUT2D eigenvalue weighted by Gasteiger charge is 2.23. The highest BCUT2D eigenvalue weighted by Crippen LogP contribution is 2.31. The summed E-state index contributed by atoms with van der Waals surface area (Å²) in [7, 11) is -3.95. The van der Waals surface area contributed by atoms with Crippen LogP contribution in [-0.4, -0.2) is 15.0 Å². The molecule has 2 rings (SSSR count). The van der Waals surface area contributed by atoms with Crippen LogP contribution < -0.4 is 9.46 Å². The van der Waals surface area contributed by atoms with E-state index in [1.54, 1.807) is 13.8 Å². The lowest BCUT2D eigenvalue weighted by Crippen LogP contribution is -2.18. The van der Waals surface area contributed by atoms with Gasteiger partial charge in [0.2, 0.25) is 0 Å². The van der Waals surface area contributed by atoms with Gasteiger partial charge >= 0.3 is 6.61 Å². The van der Waals surface area contributed by atoms with E-state index >= 15 is 0 Å². The Morgan fingerprint density at radius 1 is 1.00 bits per heavy atom. The summed E-state index contributed by atoms with van der Waals surface area (Å²) < 4.78 is 57.4. The van der Waals surface area contributed by atoms with E-state index in [2.05, 4.69) is 9.46 Å². The minimum atomic E-state index is -3.95. The first-order valence-electron chi connectivity index (χ1n) is 7.27. The van der Waals surface area contributed by atoms with Crippen LogP contribution in [0.1, 0.15) is 22.3 Å². The molecule has 0 unspecified atom stereocenters. The van der Waals surface area contributed by atoms with Crippen molar-refractivity contribution in [1.82, 2.24) is 0 Å². The molecule has 0 aliphatic carbocycles. The Balaban J connectivity index is 2.52. The van der Waals surface area contributed by atoms with Crippen LogP contribution in [0.2, 0.25) is 0 Å². The smallest absolute Gasteiger partial charge is 0.387 e. The van der Waals surface area contributed by atoms with Crippen LogP contribution in [0.5, 0.6) is 5.75 Å². The van der Waals surface area contributed by atoms with Crippen LogP contribution in [0.25, 0.3) is 0 Å². The minimum Gasteiger partial charge on any atom is -0.433 e. The Morgan fingerprint density at radius 2 is 1.54 bits per heavy atom. The summed E-state index contributed by atoms with van der Waals surface area (Å²) in [6.45, 7) is 4.05. The SMILES string of the molecule is Cc1cc(C)c(C)c(S(=O)(=O)Nc2ccccc2OC(F)F)c1C. The number of hydrogen-bond acceptors (Lipinski definition) is 3. The largest absolute Gasteiger partial charge is 0.433 e. The minimum absolute atomic E-state index is 0.0317. The molecule has 0 atom stereocenters. The van der Waals surface area contributed by atoms with Gasteiger partial charge in [-0.2, -0.15) is 8.78 Å². The van der Waals surface area contributed by atoms with E-state index in [1.807, 2.05) is 19.9 Å². The fraction of sp³-hybridized carbons (Fsp3) is 0.294. The lowest BCUT2D eigenvalue weighted by molar-refractivity contribution is -0.0493. The van der Waals surface area contributed by atoms with E-state index in [9.17, 15) is 17.2 Å². The first-order chi connectivity index (χ1) is 11.1. The van der Waals surface area contributed by atoms with Crippen LogP contribution >= 0.6 is 0 Å². The molecule has 0 amide bonds. The van der Waals surface area contributed by atoms with Gasteiger partial charge in [-0.25, -0.2) is 8.42 Å². The maximum atomic E-state index is 12.8. The van der Waals surface area contributed by atoms with Crippen molar-refractivity contribution in [1.29, 1.82) is 0 Å². The van der Waals surface area contributed by atoms with Crippen LogP contribution in [0.4, 0.5) is 14.5 Å². The molecule has 0 radical (unpaired) electrons. The summed E-state index contributed by atoms with van der Waals surface area (Å²) in [5.41, 5.74) is 2.90. The van der Waals surface area contributed by atoms with Gasteiger partial charge in [0, 0.05) is 0 Å². The van der Waals surface area contributed by atoms with Crippen LogP contribution in [0.3, 0.4) is 0 Å². The third kappa shape index (κ3) is 3.67. The van der Waals surface area contributed by atoms with E-state index in [1.165, 1.54) is 24.3 Å². The molecule has 24 heavy (non-hydrogen) atoms. The van der Waals surface area contributed by atoms with Crippen molar-refractivity contribution < 1.29 is 21.9 Å². The number of aryl methyl sites for hydroxylation is 2. The standard InChI is InChI=1S/C17H19F2NO3S/c1-10-9-11(2)13(4)16(12(10)3)24(21,22)20-14-7-5-6-8-15(14)23-17(18)19/h5-9,17,20H,1-4H3. The molecule has 0 saturated heterocycles. The number of halogens is 2. The molecule has 0 aromatic heterocycles. The zero-order valence-electron chi connectivity index (χ0n) is 13.9. The summed E-state index contributed by atoms with van der Waals surface area (Å²) >= 11 is 0. The molecule has 0 heterocycles. The molecule has 0 spiro atoms. The van der Waals surface area contributed by atoms with Gasteiger partial charge in [-0.3, -0.25) is 4.72 Å². The van der Waals surface area contributed by atoms with E-state index < -0.39 is 16.6 Å². The fourth-order valence-electron chi connectivity index (χ4n) is 2.53. The quantitative estimate of drug-likeness (QED) is 0.869. The van der Waals surface area contributed by atoms with Gasteiger partial charge in [0.25, 0.3) is 10.0 Å². The third-order valence-corrected chi connectivity index (χ3v) is 5.55. The molecular formula is C17H19F2NO3S. The highest BCUT2D eigenvalue weighted by atomic mass is 32.2. The predicted molar refractivity (Wildman–Crippen MR) is 89.3 cm³/mol. The molecule has 2 aromatic carbocycles. The second kappa shape index (κ2) is 6.76. The summed E-state index contributed by atoms with van der Waals surface area (Å²) in [5.74, 6) is -0.226. The Kier molecular flexibility index (Phi) is 5.13. The van der Waals surface area contributed by atoms with E-state index in [-0.39, 0.29) is 16.3 Å². The molecule has 0 fully saturated rings. The lowest BCUT2D eigenvalue weighted by Gasteiger charge is -2.18. The van der Waals surface area contributed by atoms with Crippen molar-refractivity contribution in [2.45, 2.75) is 39.2 Å². The molecular weight excluding hydrogens is 336 g/mol. The first-order valence-corrected chi connectivity index (χ1v) is 8.76. The summed E-state index contributed by atoms with van der Waals surface area (Å²) in [5, 5.41) is 0. The van der Waals surface area contributed by atoms with Gasteiger partial charge in [-0.15, -0.1) is 0 Å². The molecule has 0 aliphatic heterocycles. The van der Waals surface area contributed by atoms with Crippen LogP contribution in [-0.2, 0) is 10.0 Å². The average Bonchev–Trinajstić information content (AvgIpc) is 2.46. The van der Waals surface area contributed by atoms with E-state index in [4.69, 9.17) is 0 Å². The number of benzene rings is 2. The Bertz CT molecular complexity index is 838. The van der Waals surface area contributed by atoms with Crippen molar-refractivity contribution in [2.24, 2.45) is 0 Å². The van der Waals surface area contributed by atoms with Crippen molar-refractivity contribution in [2.75, 3.05) is 4.72 Å². The van der Waals surface area contributed by atoms with E-state index in [0.717, 1.165) is 11.1 Å². The number of hydrogen-bond donors (Lipinski definition) is 1. The zero-order valence-corrected chi connectivity index (χ0v) is 14.7. The number of sulfonamides is 1. The van der Waals surface area contributed by atoms with Gasteiger partial charge in [0.1, 0.15) is 5.75 Å². The molecule has 2 aromatic rings. The molecule has 7 heteroatoms. The molecule has 0 bridgehead atoms. The number of para-hydroxylation sites is 2. The van der Waals surface area contributed by atoms with Crippen LogP contribution in [0, 0.1) is 27.7 Å². The van der Waals surface area contributed by atoms with Gasteiger partial charge in [-0.05, 0) is 62.1 Å². The fourth-order valence-corrected chi connectivity index (χ4v) is 4.22. The van der Waals surface area contributed by atoms with Crippen molar-refractivity contribution in [3.8, 4) is 5.75 Å². The number of rotatable bonds is 5. The van der Waals surface area contributed by atoms with Crippen molar-refractivity contribution >= 4 is 15.7 Å². The molecule has 4 nitrogen and oxygen atoms in total. The normalized spacial score (nSPS) is 11.6. The molecule has 0 aliphatic rings. The monoisotopic (exact) mass is 355 g/mol. The molecule has 1 N–H and O–H groups in total. The number of nitrogens with one attached hydrogen (secondary N) is 1. The first kappa shape index (κ1) is 18.2. The molecule has 0 saturated carbocycles. The van der Waals surface area contributed by atoms with Crippen molar-refractivity contribution in [3.05, 3.63) is 52.6 Å². The predicted octanol–water partition coefficient (Wildman–Crippen LogP) is 4.32. The topological polar surface area (TPSA) is 55.4 Å². The molecule has 130 valence electrons. The Hall–Kier alpha value is -2.15. The van der Waals surface area contributed by atoms with Gasteiger partial charge in [-0.1, -0.05) is 18.2 Å². The van der Waals surface area contributed by atoms with Crippen molar-refractivity contribution in [3.63, 3.8) is 0 Å². The summed E-state index contributed by atoms with van der Waals surface area (Å²) in [6, 6.07) is 7.60. The summed E-state index contributed by atoms with van der Waals surface area (Å²) in [4.78, 5) is 0.159. The van der Waals surface area contributed by atoms with Gasteiger partial charge in [0.05, 0.1) is 10.6 Å². The third-order valence-electron chi connectivity index (χ3n) is 3.91. The number of alkyl halides is 2. The summed E-state index contributed by atoms with van der Waals surface area (Å²) in [6.07, 6.45) is 0. The highest BCUT2D eigenvalue weighted by molar-refractivity contribution is 7.92.